The second kappa shape index (κ2) is 8.32. The summed E-state index contributed by atoms with van der Waals surface area (Å²) in [7, 11) is 0. The van der Waals surface area contributed by atoms with E-state index in [2.05, 4.69) is 29.4 Å². The molecule has 152 valence electrons. The Bertz CT molecular complexity index is 1240. The Balaban J connectivity index is 1.55. The van der Waals surface area contributed by atoms with E-state index < -0.39 is 0 Å². The molecule has 2 heterocycles. The van der Waals surface area contributed by atoms with Crippen LogP contribution in [0.3, 0.4) is 0 Å². The van der Waals surface area contributed by atoms with E-state index >= 15 is 0 Å². The molecule has 0 aliphatic rings. The molecule has 0 radical (unpaired) electrons. The summed E-state index contributed by atoms with van der Waals surface area (Å²) in [6.07, 6.45) is 3.35. The van der Waals surface area contributed by atoms with Gasteiger partial charge in [-0.1, -0.05) is 50.2 Å². The number of benzene rings is 2. The highest BCUT2D eigenvalue weighted by Gasteiger charge is 2.12. The van der Waals surface area contributed by atoms with E-state index in [1.807, 2.05) is 48.5 Å². The maximum absolute atomic E-state index is 12.8. The molecule has 2 aromatic heterocycles. The van der Waals surface area contributed by atoms with Gasteiger partial charge in [0, 0.05) is 11.3 Å². The molecule has 2 aromatic carbocycles. The molecule has 0 aliphatic carbocycles. The SMILES string of the molecule is CCc1ccc(NC(=O)Cn2ncn3nc(-c4ccc(CC)cc4)cc3c2=O)cc1. The second-order valence-corrected chi connectivity index (χ2v) is 7.10. The molecule has 4 rings (SSSR count). The number of carbonyl (C=O) groups excluding carboxylic acids is 1. The number of anilines is 1. The van der Waals surface area contributed by atoms with Crippen molar-refractivity contribution in [2.75, 3.05) is 5.32 Å². The average Bonchev–Trinajstić information content (AvgIpc) is 3.21. The van der Waals surface area contributed by atoms with Gasteiger partial charge in [0.15, 0.2) is 0 Å². The first-order valence-electron chi connectivity index (χ1n) is 10.0. The summed E-state index contributed by atoms with van der Waals surface area (Å²) in [6.45, 7) is 4.00. The number of amides is 1. The molecule has 1 amide bonds. The first-order valence-corrected chi connectivity index (χ1v) is 10.0. The Morgan fingerprint density at radius 2 is 1.60 bits per heavy atom. The summed E-state index contributed by atoms with van der Waals surface area (Å²) in [5.41, 5.74) is 4.75. The highest BCUT2D eigenvalue weighted by Crippen LogP contribution is 2.19. The molecule has 0 saturated heterocycles. The number of nitrogens with zero attached hydrogens (tertiary/aromatic N) is 4. The first kappa shape index (κ1) is 19.6. The van der Waals surface area contributed by atoms with Crippen LogP contribution in [0, 0.1) is 0 Å². The number of fused-ring (bicyclic) bond motifs is 1. The third-order valence-electron chi connectivity index (χ3n) is 5.09. The van der Waals surface area contributed by atoms with E-state index in [0.29, 0.717) is 16.9 Å². The lowest BCUT2D eigenvalue weighted by Crippen LogP contribution is -2.30. The monoisotopic (exact) mass is 401 g/mol. The zero-order chi connectivity index (χ0) is 21.1. The Morgan fingerprint density at radius 3 is 2.23 bits per heavy atom. The van der Waals surface area contributed by atoms with Crippen molar-refractivity contribution in [3.8, 4) is 11.3 Å². The zero-order valence-electron chi connectivity index (χ0n) is 17.0. The molecule has 30 heavy (non-hydrogen) atoms. The van der Waals surface area contributed by atoms with Crippen LogP contribution in [0.1, 0.15) is 25.0 Å². The van der Waals surface area contributed by atoms with Crippen LogP contribution in [-0.2, 0) is 24.2 Å². The minimum Gasteiger partial charge on any atom is -0.324 e. The van der Waals surface area contributed by atoms with E-state index in [9.17, 15) is 9.59 Å². The second-order valence-electron chi connectivity index (χ2n) is 7.10. The number of nitrogens with one attached hydrogen (secondary N) is 1. The van der Waals surface area contributed by atoms with Crippen LogP contribution in [0.5, 0.6) is 0 Å². The first-order chi connectivity index (χ1) is 14.6. The maximum atomic E-state index is 12.8. The molecule has 4 aromatic rings. The van der Waals surface area contributed by atoms with Gasteiger partial charge in [0.1, 0.15) is 18.4 Å². The van der Waals surface area contributed by atoms with E-state index in [-0.39, 0.29) is 18.0 Å². The van der Waals surface area contributed by atoms with Crippen molar-refractivity contribution in [2.24, 2.45) is 0 Å². The van der Waals surface area contributed by atoms with Crippen LogP contribution in [0.15, 0.2) is 65.7 Å². The van der Waals surface area contributed by atoms with Gasteiger partial charge in [0.05, 0.1) is 5.69 Å². The van der Waals surface area contributed by atoms with Gasteiger partial charge in [-0.2, -0.15) is 10.2 Å². The third kappa shape index (κ3) is 4.00. The molecule has 0 aliphatic heterocycles. The fourth-order valence-corrected chi connectivity index (χ4v) is 3.26. The number of hydrogen-bond donors (Lipinski definition) is 1. The van der Waals surface area contributed by atoms with E-state index in [1.54, 1.807) is 6.07 Å². The van der Waals surface area contributed by atoms with E-state index in [0.717, 1.165) is 23.1 Å². The third-order valence-corrected chi connectivity index (χ3v) is 5.09. The molecule has 7 heteroatoms. The van der Waals surface area contributed by atoms with Crippen LogP contribution in [0.2, 0.25) is 0 Å². The van der Waals surface area contributed by atoms with Crippen LogP contribution >= 0.6 is 0 Å². The number of rotatable bonds is 6. The summed E-state index contributed by atoms with van der Waals surface area (Å²) in [5, 5.41) is 11.3. The van der Waals surface area contributed by atoms with Gasteiger partial charge in [-0.15, -0.1) is 0 Å². The molecule has 1 N–H and O–H groups in total. The number of carbonyl (C=O) groups is 1. The molecule has 0 bridgehead atoms. The molecule has 0 unspecified atom stereocenters. The minimum atomic E-state index is -0.363. The van der Waals surface area contributed by atoms with Crippen molar-refractivity contribution < 1.29 is 4.79 Å². The molecule has 0 fully saturated rings. The van der Waals surface area contributed by atoms with Crippen molar-refractivity contribution >= 4 is 17.1 Å². The average molecular weight is 401 g/mol. The fourth-order valence-electron chi connectivity index (χ4n) is 3.26. The van der Waals surface area contributed by atoms with Gasteiger partial charge < -0.3 is 5.32 Å². The van der Waals surface area contributed by atoms with Gasteiger partial charge in [0.2, 0.25) is 5.91 Å². The molecular formula is C23H23N5O2. The lowest BCUT2D eigenvalue weighted by atomic mass is 10.1. The van der Waals surface area contributed by atoms with Crippen LogP contribution in [-0.4, -0.2) is 25.3 Å². The minimum absolute atomic E-state index is 0.170. The van der Waals surface area contributed by atoms with Gasteiger partial charge in [-0.25, -0.2) is 9.20 Å². The predicted octanol–water partition coefficient (Wildman–Crippen LogP) is 3.32. The normalized spacial score (nSPS) is 11.0. The van der Waals surface area contributed by atoms with Crippen molar-refractivity contribution in [1.82, 2.24) is 19.4 Å². The van der Waals surface area contributed by atoms with Gasteiger partial charge in [0.25, 0.3) is 5.56 Å². The largest absolute Gasteiger partial charge is 0.324 e. The van der Waals surface area contributed by atoms with Gasteiger partial charge >= 0.3 is 0 Å². The summed E-state index contributed by atoms with van der Waals surface area (Å²) < 4.78 is 2.60. The van der Waals surface area contributed by atoms with Crippen LogP contribution in [0.25, 0.3) is 16.8 Å². The zero-order valence-corrected chi connectivity index (χ0v) is 17.0. The molecule has 7 nitrogen and oxygen atoms in total. The van der Waals surface area contributed by atoms with Crippen molar-refractivity contribution in [3.63, 3.8) is 0 Å². The summed E-state index contributed by atoms with van der Waals surface area (Å²) in [6, 6.07) is 17.4. The van der Waals surface area contributed by atoms with Crippen molar-refractivity contribution in [1.29, 1.82) is 0 Å². The Hall–Kier alpha value is -3.74. The predicted molar refractivity (Wildman–Crippen MR) is 117 cm³/mol. The Kier molecular flexibility index (Phi) is 5.43. The number of aromatic nitrogens is 4. The Labute approximate surface area is 174 Å². The van der Waals surface area contributed by atoms with Crippen molar-refractivity contribution in [3.05, 3.63) is 82.4 Å². The molecular weight excluding hydrogens is 378 g/mol. The lowest BCUT2D eigenvalue weighted by Gasteiger charge is -2.07. The summed E-state index contributed by atoms with van der Waals surface area (Å²) >= 11 is 0. The maximum Gasteiger partial charge on any atom is 0.293 e. The van der Waals surface area contributed by atoms with Gasteiger partial charge in [-0.3, -0.25) is 9.59 Å². The number of aryl methyl sites for hydroxylation is 2. The topological polar surface area (TPSA) is 81.3 Å². The fraction of sp³-hybridized carbons (Fsp3) is 0.217. The van der Waals surface area contributed by atoms with Crippen molar-refractivity contribution in [2.45, 2.75) is 33.2 Å². The highest BCUT2D eigenvalue weighted by atomic mass is 16.2. The quantitative estimate of drug-likeness (QED) is 0.537. The van der Waals surface area contributed by atoms with Gasteiger partial charge in [-0.05, 0) is 42.2 Å². The van der Waals surface area contributed by atoms with Crippen LogP contribution < -0.4 is 10.9 Å². The Morgan fingerprint density at radius 1 is 0.967 bits per heavy atom. The van der Waals surface area contributed by atoms with E-state index in [1.165, 1.54) is 22.0 Å². The smallest absolute Gasteiger partial charge is 0.293 e. The lowest BCUT2D eigenvalue weighted by molar-refractivity contribution is -0.117. The summed E-state index contributed by atoms with van der Waals surface area (Å²) in [4.78, 5) is 25.2. The molecule has 0 spiro atoms. The molecule has 0 saturated carbocycles. The standard InChI is InChI=1S/C23H23N5O2/c1-3-16-5-9-18(10-6-16)20-13-21-23(30)27(24-15-28(21)26-20)14-22(29)25-19-11-7-17(4-2)8-12-19/h5-13,15H,3-4,14H2,1-2H3,(H,25,29). The van der Waals surface area contributed by atoms with E-state index in [4.69, 9.17) is 0 Å². The number of hydrogen-bond acceptors (Lipinski definition) is 4. The van der Waals surface area contributed by atoms with Crippen LogP contribution in [0.4, 0.5) is 5.69 Å². The molecule has 0 atom stereocenters. The highest BCUT2D eigenvalue weighted by molar-refractivity contribution is 5.90. The summed E-state index contributed by atoms with van der Waals surface area (Å²) in [5.74, 6) is -0.312.